The molecule has 3 aliphatic heterocycles. The molecule has 0 bridgehead atoms. The zero-order chi connectivity index (χ0) is 28.4. The highest BCUT2D eigenvalue weighted by Crippen LogP contribution is 2.31. The van der Waals surface area contributed by atoms with Gasteiger partial charge in [-0.1, -0.05) is 64.7 Å². The molecule has 39 heavy (non-hydrogen) atoms. The van der Waals surface area contributed by atoms with E-state index in [2.05, 4.69) is 12.2 Å². The summed E-state index contributed by atoms with van der Waals surface area (Å²) in [4.78, 5) is 38.7. The molecule has 0 aromatic carbocycles. The monoisotopic (exact) mass is 554 g/mol. The number of aliphatic hydroxyl groups excluding tert-OH is 3. The van der Waals surface area contributed by atoms with Crippen molar-refractivity contribution < 1.29 is 43.9 Å². The van der Waals surface area contributed by atoms with E-state index in [1.807, 2.05) is 0 Å². The number of amides is 3. The maximum Gasteiger partial charge on any atom is 0.415 e. The molecule has 0 aromatic heterocycles. The number of nitrogens with one attached hydrogen (secondary N) is 1. The third-order valence-corrected chi connectivity index (χ3v) is 7.73. The lowest BCUT2D eigenvalue weighted by Crippen LogP contribution is -2.58. The fourth-order valence-corrected chi connectivity index (χ4v) is 5.41. The summed E-state index contributed by atoms with van der Waals surface area (Å²) in [6.45, 7) is 4.34. The van der Waals surface area contributed by atoms with Crippen LogP contribution in [0.5, 0.6) is 0 Å². The van der Waals surface area contributed by atoms with Crippen molar-refractivity contribution in [1.29, 1.82) is 0 Å². The highest BCUT2D eigenvalue weighted by atomic mass is 16.7. The summed E-state index contributed by atoms with van der Waals surface area (Å²) in [6, 6.07) is -0.269. The van der Waals surface area contributed by atoms with Gasteiger partial charge in [0.05, 0.1) is 24.7 Å². The van der Waals surface area contributed by atoms with Crippen LogP contribution in [0.4, 0.5) is 4.79 Å². The largest absolute Gasteiger partial charge is 0.415 e. The number of ether oxygens (including phenoxy) is 3. The van der Waals surface area contributed by atoms with Crippen molar-refractivity contribution in [3.05, 3.63) is 11.8 Å². The second kappa shape index (κ2) is 15.7. The second-order valence-corrected chi connectivity index (χ2v) is 10.9. The first-order valence-electron chi connectivity index (χ1n) is 14.6. The number of carbonyl (C=O) groups excluding carboxylic acids is 3. The minimum atomic E-state index is -1.48. The van der Waals surface area contributed by atoms with Gasteiger partial charge in [-0.2, -0.15) is 0 Å². The maximum absolute atomic E-state index is 12.7. The number of hydrogen-bond acceptors (Lipinski definition) is 9. The first-order valence-corrected chi connectivity index (χ1v) is 14.6. The third kappa shape index (κ3) is 9.24. The Kier molecular flexibility index (Phi) is 12.6. The number of carbonyl (C=O) groups is 3. The molecular weight excluding hydrogens is 508 g/mol. The number of aliphatic hydroxyl groups is 3. The molecule has 3 rings (SSSR count). The quantitative estimate of drug-likeness (QED) is 0.177. The molecule has 3 heterocycles. The van der Waals surface area contributed by atoms with E-state index >= 15 is 0 Å². The van der Waals surface area contributed by atoms with Crippen LogP contribution in [-0.4, -0.2) is 87.5 Å². The van der Waals surface area contributed by atoms with E-state index in [-0.39, 0.29) is 18.2 Å². The first kappa shape index (κ1) is 31.5. The van der Waals surface area contributed by atoms with Gasteiger partial charge in [-0.05, 0) is 26.2 Å². The lowest BCUT2D eigenvalue weighted by molar-refractivity contribution is -0.304. The van der Waals surface area contributed by atoms with Crippen LogP contribution < -0.4 is 5.32 Å². The van der Waals surface area contributed by atoms with Crippen LogP contribution in [0.25, 0.3) is 0 Å². The highest BCUT2D eigenvalue weighted by Gasteiger charge is 2.44. The molecule has 11 nitrogen and oxygen atoms in total. The number of nitrogens with zero attached hydrogens (tertiary/aromatic N) is 1. The SMILES string of the molecule is CCCCCCCCCCC[C@H](CC(=O)NC(=O)/C=C1\OC(=O)N2CCC[C@H]12)O[C@@H]1O[C@@H](C)[C@H](O)[C@@H](O)[C@H]1O. The van der Waals surface area contributed by atoms with E-state index in [0.29, 0.717) is 19.4 Å². The van der Waals surface area contributed by atoms with Gasteiger partial charge in [-0.3, -0.25) is 19.8 Å². The summed E-state index contributed by atoms with van der Waals surface area (Å²) < 4.78 is 16.7. The molecule has 0 spiro atoms. The topological polar surface area (TPSA) is 155 Å². The number of cyclic esters (lactones) is 1. The van der Waals surface area contributed by atoms with Crippen molar-refractivity contribution in [3.8, 4) is 0 Å². The maximum atomic E-state index is 12.7. The normalized spacial score (nSPS) is 30.3. The van der Waals surface area contributed by atoms with E-state index < -0.39 is 54.7 Å². The fraction of sp³-hybridized carbons (Fsp3) is 0.821. The van der Waals surface area contributed by atoms with Crippen molar-refractivity contribution in [2.75, 3.05) is 6.54 Å². The summed E-state index contributed by atoms with van der Waals surface area (Å²) in [6.07, 6.45) is 5.81. The Morgan fingerprint density at radius 1 is 1.05 bits per heavy atom. The van der Waals surface area contributed by atoms with Gasteiger partial charge in [-0.15, -0.1) is 0 Å². The Bertz CT molecular complexity index is 851. The summed E-state index contributed by atoms with van der Waals surface area (Å²) in [5.74, 6) is -1.02. The van der Waals surface area contributed by atoms with E-state index in [4.69, 9.17) is 14.2 Å². The van der Waals surface area contributed by atoms with Gasteiger partial charge >= 0.3 is 6.09 Å². The molecule has 11 heteroatoms. The number of imide groups is 1. The Morgan fingerprint density at radius 3 is 2.41 bits per heavy atom. The Balaban J connectivity index is 1.51. The van der Waals surface area contributed by atoms with Crippen LogP contribution >= 0.6 is 0 Å². The number of hydrogen-bond donors (Lipinski definition) is 4. The van der Waals surface area contributed by atoms with E-state index in [0.717, 1.165) is 38.2 Å². The van der Waals surface area contributed by atoms with Gasteiger partial charge in [-0.25, -0.2) is 4.79 Å². The molecule has 3 aliphatic rings. The van der Waals surface area contributed by atoms with E-state index in [1.165, 1.54) is 32.1 Å². The third-order valence-electron chi connectivity index (χ3n) is 7.73. The molecule has 3 amide bonds. The average molecular weight is 555 g/mol. The van der Waals surface area contributed by atoms with Crippen molar-refractivity contribution in [2.24, 2.45) is 0 Å². The molecule has 0 unspecified atom stereocenters. The number of fused-ring (bicyclic) bond motifs is 1. The van der Waals surface area contributed by atoms with Crippen molar-refractivity contribution in [3.63, 3.8) is 0 Å². The summed E-state index contributed by atoms with van der Waals surface area (Å²) in [5.41, 5.74) is 0. The van der Waals surface area contributed by atoms with Crippen molar-refractivity contribution in [1.82, 2.24) is 10.2 Å². The Hall–Kier alpha value is -2.05. The first-order chi connectivity index (χ1) is 18.7. The van der Waals surface area contributed by atoms with Gasteiger partial charge in [0, 0.05) is 12.6 Å². The summed E-state index contributed by atoms with van der Waals surface area (Å²) in [5, 5.41) is 32.8. The molecular formula is C28H46N2O9. The van der Waals surface area contributed by atoms with Crippen molar-refractivity contribution in [2.45, 2.75) is 140 Å². The summed E-state index contributed by atoms with van der Waals surface area (Å²) in [7, 11) is 0. The molecule has 0 radical (unpaired) electrons. The van der Waals surface area contributed by atoms with Gasteiger partial charge in [0.15, 0.2) is 6.29 Å². The average Bonchev–Trinajstić information content (AvgIpc) is 3.49. The molecule has 3 saturated heterocycles. The number of unbranched alkanes of at least 4 members (excludes halogenated alkanes) is 8. The molecule has 7 atom stereocenters. The van der Waals surface area contributed by atoms with Gasteiger partial charge in [0.2, 0.25) is 5.91 Å². The van der Waals surface area contributed by atoms with Crippen LogP contribution in [0.3, 0.4) is 0 Å². The minimum Gasteiger partial charge on any atom is -0.412 e. The van der Waals surface area contributed by atoms with Crippen LogP contribution in [0.1, 0.15) is 97.3 Å². The Labute approximate surface area is 230 Å². The van der Waals surface area contributed by atoms with Crippen LogP contribution in [0.15, 0.2) is 11.8 Å². The molecule has 0 aliphatic carbocycles. The van der Waals surface area contributed by atoms with Gasteiger partial charge < -0.3 is 29.5 Å². The van der Waals surface area contributed by atoms with Crippen LogP contribution in [0, 0.1) is 0 Å². The summed E-state index contributed by atoms with van der Waals surface area (Å²) >= 11 is 0. The minimum absolute atomic E-state index is 0.166. The predicted octanol–water partition coefficient (Wildman–Crippen LogP) is 2.65. The fourth-order valence-electron chi connectivity index (χ4n) is 5.41. The molecule has 0 aromatic rings. The molecule has 222 valence electrons. The lowest BCUT2D eigenvalue weighted by Gasteiger charge is -2.40. The zero-order valence-electron chi connectivity index (χ0n) is 23.3. The van der Waals surface area contributed by atoms with Crippen LogP contribution in [0.2, 0.25) is 0 Å². The predicted molar refractivity (Wildman–Crippen MR) is 141 cm³/mol. The standard InChI is InChI=1S/C28H46N2O9/c1-3-4-5-6-7-8-9-10-11-13-19(38-27-26(35)25(34)24(33)18(2)37-27)16-22(31)29-23(32)17-21-20-14-12-15-30(20)28(36)39-21/h17-20,24-27,33-35H,3-16H2,1-2H3,(H,29,31,32)/b21-17-/t18-,19+,20+,24-,25+,26+,27-/m0/s1. The van der Waals surface area contributed by atoms with Crippen molar-refractivity contribution >= 4 is 17.9 Å². The molecule has 3 fully saturated rings. The Morgan fingerprint density at radius 2 is 1.72 bits per heavy atom. The lowest BCUT2D eigenvalue weighted by atomic mass is 9.99. The van der Waals surface area contributed by atoms with Gasteiger partial charge in [0.1, 0.15) is 24.1 Å². The molecule has 0 saturated carbocycles. The van der Waals surface area contributed by atoms with Crippen LogP contribution in [-0.2, 0) is 23.8 Å². The van der Waals surface area contributed by atoms with E-state index in [1.54, 1.807) is 11.8 Å². The smallest absolute Gasteiger partial charge is 0.412 e. The van der Waals surface area contributed by atoms with Gasteiger partial charge in [0.25, 0.3) is 5.91 Å². The van der Waals surface area contributed by atoms with E-state index in [9.17, 15) is 29.7 Å². The highest BCUT2D eigenvalue weighted by molar-refractivity contribution is 6.01. The zero-order valence-corrected chi connectivity index (χ0v) is 23.3. The molecule has 4 N–H and O–H groups in total. The number of rotatable bonds is 15. The second-order valence-electron chi connectivity index (χ2n) is 10.9.